The average molecular weight is 358 g/mol. The fraction of sp³-hybridized carbons (Fsp3) is 0.450. The predicted octanol–water partition coefficient (Wildman–Crippen LogP) is 2.99. The van der Waals surface area contributed by atoms with Crippen molar-refractivity contribution in [1.29, 1.82) is 0 Å². The van der Waals surface area contributed by atoms with Crippen LogP contribution in [0.2, 0.25) is 0 Å². The molecule has 1 saturated heterocycles. The first-order chi connectivity index (χ1) is 12.2. The van der Waals surface area contributed by atoms with Gasteiger partial charge < -0.3 is 10.2 Å². The highest BCUT2D eigenvalue weighted by molar-refractivity contribution is 7.14. The number of amides is 1. The highest BCUT2D eigenvalue weighted by Crippen LogP contribution is 2.18. The van der Waals surface area contributed by atoms with E-state index in [0.717, 1.165) is 44.0 Å². The third-order valence-corrected chi connectivity index (χ3v) is 6.01. The Morgan fingerprint density at radius 3 is 2.48 bits per heavy atom. The quantitative estimate of drug-likeness (QED) is 0.863. The number of hydrogen-bond acceptors (Lipinski definition) is 4. The van der Waals surface area contributed by atoms with Crippen molar-refractivity contribution >= 4 is 17.2 Å². The van der Waals surface area contributed by atoms with E-state index in [1.807, 2.05) is 12.1 Å². The second-order valence-electron chi connectivity index (χ2n) is 6.65. The standard InChI is InChI=1S/C20H27N3OS/c1-3-18-8-9-19(25-18)20(24)21-14-16-6-4-5-7-17(16)15-23-12-10-22(2)11-13-23/h4-9H,3,10-15H2,1-2H3,(H,21,24). The Morgan fingerprint density at radius 2 is 1.80 bits per heavy atom. The number of likely N-dealkylation sites (N-methyl/N-ethyl adjacent to an activating group) is 1. The van der Waals surface area contributed by atoms with Gasteiger partial charge in [-0.25, -0.2) is 0 Å². The Bertz CT molecular complexity index is 704. The van der Waals surface area contributed by atoms with Crippen molar-refractivity contribution in [3.05, 3.63) is 57.3 Å². The van der Waals surface area contributed by atoms with Crippen LogP contribution in [-0.2, 0) is 19.5 Å². The summed E-state index contributed by atoms with van der Waals surface area (Å²) < 4.78 is 0. The normalized spacial score (nSPS) is 16.1. The van der Waals surface area contributed by atoms with Gasteiger partial charge in [0.25, 0.3) is 5.91 Å². The van der Waals surface area contributed by atoms with Gasteiger partial charge in [0.05, 0.1) is 4.88 Å². The lowest BCUT2D eigenvalue weighted by Crippen LogP contribution is -2.44. The summed E-state index contributed by atoms with van der Waals surface area (Å²) in [6, 6.07) is 12.4. The minimum absolute atomic E-state index is 0.0269. The van der Waals surface area contributed by atoms with E-state index in [0.29, 0.717) is 6.54 Å². The summed E-state index contributed by atoms with van der Waals surface area (Å²) in [6.45, 7) is 8.11. The number of benzene rings is 1. The van der Waals surface area contributed by atoms with E-state index >= 15 is 0 Å². The Kier molecular flexibility index (Phi) is 6.24. The first kappa shape index (κ1) is 18.1. The zero-order chi connectivity index (χ0) is 17.6. The molecule has 0 spiro atoms. The molecular weight excluding hydrogens is 330 g/mol. The van der Waals surface area contributed by atoms with Crippen molar-refractivity contribution in [3.63, 3.8) is 0 Å². The van der Waals surface area contributed by atoms with Crippen molar-refractivity contribution < 1.29 is 4.79 Å². The first-order valence-corrected chi connectivity index (χ1v) is 9.82. The molecule has 0 bridgehead atoms. The van der Waals surface area contributed by atoms with Gasteiger partial charge in [-0.3, -0.25) is 9.69 Å². The summed E-state index contributed by atoms with van der Waals surface area (Å²) in [5.41, 5.74) is 2.52. The van der Waals surface area contributed by atoms with E-state index in [-0.39, 0.29) is 5.91 Å². The number of nitrogens with one attached hydrogen (secondary N) is 1. The van der Waals surface area contributed by atoms with Gasteiger partial charge in [-0.15, -0.1) is 11.3 Å². The van der Waals surface area contributed by atoms with Gasteiger partial charge >= 0.3 is 0 Å². The summed E-state index contributed by atoms with van der Waals surface area (Å²) in [6.07, 6.45) is 0.978. The van der Waals surface area contributed by atoms with E-state index in [9.17, 15) is 4.79 Å². The molecule has 2 aromatic rings. The SMILES string of the molecule is CCc1ccc(C(=O)NCc2ccccc2CN2CCN(C)CC2)s1. The van der Waals surface area contributed by atoms with E-state index in [2.05, 4.69) is 53.4 Å². The molecular formula is C20H27N3OS. The van der Waals surface area contributed by atoms with Crippen LogP contribution in [-0.4, -0.2) is 48.9 Å². The van der Waals surface area contributed by atoms with Crippen LogP contribution in [0.4, 0.5) is 0 Å². The molecule has 2 heterocycles. The summed E-state index contributed by atoms with van der Waals surface area (Å²) in [7, 11) is 2.18. The molecule has 1 amide bonds. The second-order valence-corrected chi connectivity index (χ2v) is 7.82. The topological polar surface area (TPSA) is 35.6 Å². The van der Waals surface area contributed by atoms with E-state index in [4.69, 9.17) is 0 Å². The molecule has 1 aromatic carbocycles. The highest BCUT2D eigenvalue weighted by atomic mass is 32.1. The smallest absolute Gasteiger partial charge is 0.261 e. The predicted molar refractivity (Wildman–Crippen MR) is 104 cm³/mol. The van der Waals surface area contributed by atoms with Crippen LogP contribution in [0.1, 0.15) is 32.6 Å². The molecule has 25 heavy (non-hydrogen) atoms. The monoisotopic (exact) mass is 357 g/mol. The Hall–Kier alpha value is -1.69. The molecule has 5 heteroatoms. The number of piperazine rings is 1. The van der Waals surface area contributed by atoms with Crippen LogP contribution in [0.3, 0.4) is 0 Å². The maximum Gasteiger partial charge on any atom is 0.261 e. The summed E-state index contributed by atoms with van der Waals surface area (Å²) >= 11 is 1.58. The number of nitrogens with zero attached hydrogens (tertiary/aromatic N) is 2. The number of rotatable bonds is 6. The molecule has 0 radical (unpaired) electrons. The number of aryl methyl sites for hydroxylation is 1. The summed E-state index contributed by atoms with van der Waals surface area (Å²) in [5, 5.41) is 3.08. The molecule has 0 aliphatic carbocycles. The fourth-order valence-corrected chi connectivity index (χ4v) is 3.95. The lowest BCUT2D eigenvalue weighted by atomic mass is 10.1. The van der Waals surface area contributed by atoms with Gasteiger partial charge in [0.2, 0.25) is 0 Å². The third-order valence-electron chi connectivity index (χ3n) is 4.78. The molecule has 134 valence electrons. The van der Waals surface area contributed by atoms with Crippen LogP contribution in [0.5, 0.6) is 0 Å². The zero-order valence-corrected chi connectivity index (χ0v) is 15.9. The molecule has 0 atom stereocenters. The van der Waals surface area contributed by atoms with Crippen molar-refractivity contribution in [1.82, 2.24) is 15.1 Å². The Labute approximate surface area is 154 Å². The molecule has 3 rings (SSSR count). The van der Waals surface area contributed by atoms with Crippen LogP contribution < -0.4 is 5.32 Å². The molecule has 1 aliphatic heterocycles. The van der Waals surface area contributed by atoms with Crippen LogP contribution in [0.25, 0.3) is 0 Å². The molecule has 0 saturated carbocycles. The summed E-state index contributed by atoms with van der Waals surface area (Å²) in [4.78, 5) is 19.3. The highest BCUT2D eigenvalue weighted by Gasteiger charge is 2.15. The van der Waals surface area contributed by atoms with Crippen LogP contribution in [0, 0.1) is 0 Å². The number of carbonyl (C=O) groups excluding carboxylic acids is 1. The van der Waals surface area contributed by atoms with Crippen molar-refractivity contribution in [2.24, 2.45) is 0 Å². The number of carbonyl (C=O) groups is 1. The van der Waals surface area contributed by atoms with Crippen molar-refractivity contribution in [2.75, 3.05) is 33.2 Å². The lowest BCUT2D eigenvalue weighted by Gasteiger charge is -2.32. The van der Waals surface area contributed by atoms with Crippen molar-refractivity contribution in [3.8, 4) is 0 Å². The van der Waals surface area contributed by atoms with Crippen molar-refractivity contribution in [2.45, 2.75) is 26.4 Å². The minimum Gasteiger partial charge on any atom is -0.347 e. The molecule has 4 nitrogen and oxygen atoms in total. The van der Waals surface area contributed by atoms with Gasteiger partial charge in [0.15, 0.2) is 0 Å². The Balaban J connectivity index is 1.59. The maximum absolute atomic E-state index is 12.4. The second kappa shape index (κ2) is 8.61. The lowest BCUT2D eigenvalue weighted by molar-refractivity contribution is 0.0954. The summed E-state index contributed by atoms with van der Waals surface area (Å²) in [5.74, 6) is 0.0269. The van der Waals surface area contributed by atoms with Gasteiger partial charge in [0, 0.05) is 44.1 Å². The van der Waals surface area contributed by atoms with Gasteiger partial charge in [-0.1, -0.05) is 31.2 Å². The van der Waals surface area contributed by atoms with E-state index in [1.54, 1.807) is 11.3 Å². The molecule has 1 fully saturated rings. The Morgan fingerprint density at radius 1 is 1.08 bits per heavy atom. The molecule has 1 aliphatic rings. The molecule has 0 unspecified atom stereocenters. The molecule has 1 N–H and O–H groups in total. The third kappa shape index (κ3) is 4.91. The first-order valence-electron chi connectivity index (χ1n) is 9.00. The minimum atomic E-state index is 0.0269. The van der Waals surface area contributed by atoms with Gasteiger partial charge in [-0.2, -0.15) is 0 Å². The zero-order valence-electron chi connectivity index (χ0n) is 15.1. The average Bonchev–Trinajstić information content (AvgIpc) is 3.12. The largest absolute Gasteiger partial charge is 0.347 e. The van der Waals surface area contributed by atoms with Gasteiger partial charge in [0.1, 0.15) is 0 Å². The fourth-order valence-electron chi connectivity index (χ4n) is 3.08. The van der Waals surface area contributed by atoms with Crippen LogP contribution in [0.15, 0.2) is 36.4 Å². The number of thiophene rings is 1. The van der Waals surface area contributed by atoms with Gasteiger partial charge in [-0.05, 0) is 36.7 Å². The van der Waals surface area contributed by atoms with Crippen LogP contribution >= 0.6 is 11.3 Å². The number of hydrogen-bond donors (Lipinski definition) is 1. The maximum atomic E-state index is 12.4. The van der Waals surface area contributed by atoms with E-state index < -0.39 is 0 Å². The van der Waals surface area contributed by atoms with E-state index in [1.165, 1.54) is 16.0 Å². The molecule has 1 aromatic heterocycles.